The number of amides is 1. The van der Waals surface area contributed by atoms with Gasteiger partial charge in [-0.25, -0.2) is 0 Å². The first-order chi connectivity index (χ1) is 11.1. The Balaban J connectivity index is 1.57. The van der Waals surface area contributed by atoms with Crippen molar-refractivity contribution in [3.63, 3.8) is 0 Å². The number of furan rings is 1. The molecule has 0 unspecified atom stereocenters. The molecule has 2 aromatic carbocycles. The molecule has 1 N–H and O–H groups in total. The molecule has 1 heterocycles. The second-order valence-corrected chi connectivity index (χ2v) is 6.63. The second-order valence-electron chi connectivity index (χ2n) is 5.58. The zero-order chi connectivity index (χ0) is 16.2. The van der Waals surface area contributed by atoms with Crippen LogP contribution in [0.4, 0.5) is 0 Å². The molecule has 1 amide bonds. The first-order valence-electron chi connectivity index (χ1n) is 7.59. The Kier molecular flexibility index (Phi) is 4.72. The van der Waals surface area contributed by atoms with Crippen molar-refractivity contribution in [2.75, 3.05) is 5.75 Å². The van der Waals surface area contributed by atoms with Crippen LogP contribution in [0, 0.1) is 6.92 Å². The summed E-state index contributed by atoms with van der Waals surface area (Å²) < 4.78 is 5.79. The van der Waals surface area contributed by atoms with Crippen molar-refractivity contribution in [1.29, 1.82) is 0 Å². The normalized spacial score (nSPS) is 12.3. The molecule has 0 saturated carbocycles. The van der Waals surface area contributed by atoms with E-state index in [4.69, 9.17) is 4.42 Å². The molecular formula is C19H19NO2S. The van der Waals surface area contributed by atoms with E-state index in [1.807, 2.05) is 49.4 Å². The van der Waals surface area contributed by atoms with Gasteiger partial charge in [-0.1, -0.05) is 35.9 Å². The summed E-state index contributed by atoms with van der Waals surface area (Å²) in [4.78, 5) is 13.2. The Morgan fingerprint density at radius 2 is 1.91 bits per heavy atom. The van der Waals surface area contributed by atoms with Crippen molar-refractivity contribution < 1.29 is 9.21 Å². The highest BCUT2D eigenvalue weighted by atomic mass is 32.2. The van der Waals surface area contributed by atoms with E-state index in [0.29, 0.717) is 5.75 Å². The van der Waals surface area contributed by atoms with E-state index in [1.54, 1.807) is 0 Å². The van der Waals surface area contributed by atoms with E-state index in [1.165, 1.54) is 17.3 Å². The lowest BCUT2D eigenvalue weighted by atomic mass is 10.2. The van der Waals surface area contributed by atoms with Gasteiger partial charge in [-0.2, -0.15) is 0 Å². The van der Waals surface area contributed by atoms with E-state index >= 15 is 0 Å². The topological polar surface area (TPSA) is 42.2 Å². The lowest BCUT2D eigenvalue weighted by Crippen LogP contribution is -2.27. The van der Waals surface area contributed by atoms with E-state index in [0.717, 1.165) is 21.6 Å². The Morgan fingerprint density at radius 1 is 1.17 bits per heavy atom. The third-order valence-corrected chi connectivity index (χ3v) is 4.65. The van der Waals surface area contributed by atoms with Crippen molar-refractivity contribution in [2.45, 2.75) is 24.8 Å². The van der Waals surface area contributed by atoms with Crippen LogP contribution in [0.2, 0.25) is 0 Å². The van der Waals surface area contributed by atoms with Gasteiger partial charge in [0.25, 0.3) is 0 Å². The number of carbonyl (C=O) groups is 1. The average molecular weight is 325 g/mol. The summed E-state index contributed by atoms with van der Waals surface area (Å²) in [5.41, 5.74) is 2.06. The Labute approximate surface area is 140 Å². The number of rotatable bonds is 5. The van der Waals surface area contributed by atoms with Crippen LogP contribution in [0.25, 0.3) is 11.0 Å². The molecule has 1 aromatic heterocycles. The van der Waals surface area contributed by atoms with Crippen molar-refractivity contribution in [3.8, 4) is 0 Å². The highest BCUT2D eigenvalue weighted by Crippen LogP contribution is 2.24. The van der Waals surface area contributed by atoms with Crippen LogP contribution in [0.3, 0.4) is 0 Å². The summed E-state index contributed by atoms with van der Waals surface area (Å²) in [6.45, 7) is 3.99. The number of hydrogen-bond acceptors (Lipinski definition) is 3. The smallest absolute Gasteiger partial charge is 0.230 e. The van der Waals surface area contributed by atoms with Crippen LogP contribution in [0.1, 0.15) is 24.3 Å². The zero-order valence-electron chi connectivity index (χ0n) is 13.2. The molecule has 3 aromatic rings. The summed E-state index contributed by atoms with van der Waals surface area (Å²) in [6, 6.07) is 17.9. The van der Waals surface area contributed by atoms with Crippen LogP contribution in [-0.4, -0.2) is 11.7 Å². The minimum atomic E-state index is -0.145. The molecule has 0 aliphatic rings. The molecular weight excluding hydrogens is 306 g/mol. The molecule has 0 fully saturated rings. The summed E-state index contributed by atoms with van der Waals surface area (Å²) in [7, 11) is 0. The van der Waals surface area contributed by atoms with Crippen molar-refractivity contribution >= 4 is 28.6 Å². The molecule has 0 aliphatic heterocycles. The highest BCUT2D eigenvalue weighted by Gasteiger charge is 2.14. The van der Waals surface area contributed by atoms with Gasteiger partial charge in [0.15, 0.2) is 0 Å². The standard InChI is InChI=1S/C19H19NO2S/c1-13-7-9-16(10-8-13)23-12-19(21)20-14(2)18-11-15-5-3-4-6-17(15)22-18/h3-11,14H,12H2,1-2H3,(H,20,21)/t14-/m0/s1. The van der Waals surface area contributed by atoms with Gasteiger partial charge < -0.3 is 9.73 Å². The van der Waals surface area contributed by atoms with Gasteiger partial charge in [-0.05, 0) is 38.1 Å². The summed E-state index contributed by atoms with van der Waals surface area (Å²) in [5, 5.41) is 4.04. The fourth-order valence-electron chi connectivity index (χ4n) is 2.35. The van der Waals surface area contributed by atoms with Crippen LogP contribution in [-0.2, 0) is 4.79 Å². The van der Waals surface area contributed by atoms with Crippen LogP contribution in [0.15, 0.2) is 63.9 Å². The highest BCUT2D eigenvalue weighted by molar-refractivity contribution is 8.00. The molecule has 3 rings (SSSR count). The number of fused-ring (bicyclic) bond motifs is 1. The fourth-order valence-corrected chi connectivity index (χ4v) is 3.06. The number of para-hydroxylation sites is 1. The monoisotopic (exact) mass is 325 g/mol. The molecule has 23 heavy (non-hydrogen) atoms. The average Bonchev–Trinajstić information content (AvgIpc) is 2.98. The molecule has 0 aliphatic carbocycles. The SMILES string of the molecule is Cc1ccc(SCC(=O)N[C@@H](C)c2cc3ccccc3o2)cc1. The van der Waals surface area contributed by atoms with Crippen LogP contribution >= 0.6 is 11.8 Å². The lowest BCUT2D eigenvalue weighted by Gasteiger charge is -2.11. The Hall–Kier alpha value is -2.20. The summed E-state index contributed by atoms with van der Waals surface area (Å²) >= 11 is 1.54. The number of benzene rings is 2. The predicted molar refractivity (Wildman–Crippen MR) is 94.7 cm³/mol. The van der Waals surface area contributed by atoms with Crippen molar-refractivity contribution in [3.05, 3.63) is 65.9 Å². The molecule has 1 atom stereocenters. The number of hydrogen-bond donors (Lipinski definition) is 1. The van der Waals surface area contributed by atoms with E-state index in [9.17, 15) is 4.79 Å². The number of carbonyl (C=O) groups excluding carboxylic acids is 1. The molecule has 118 valence electrons. The molecule has 0 radical (unpaired) electrons. The van der Waals surface area contributed by atoms with Gasteiger partial charge in [0.05, 0.1) is 11.8 Å². The van der Waals surface area contributed by atoms with Crippen LogP contribution < -0.4 is 5.32 Å². The quantitative estimate of drug-likeness (QED) is 0.691. The molecule has 0 saturated heterocycles. The van der Waals surface area contributed by atoms with Gasteiger partial charge >= 0.3 is 0 Å². The summed E-state index contributed by atoms with van der Waals surface area (Å²) in [5.74, 6) is 1.18. The van der Waals surface area contributed by atoms with Gasteiger partial charge in [0.2, 0.25) is 5.91 Å². The minimum Gasteiger partial charge on any atom is -0.459 e. The maximum Gasteiger partial charge on any atom is 0.230 e. The third kappa shape index (κ3) is 3.96. The van der Waals surface area contributed by atoms with Crippen LogP contribution in [0.5, 0.6) is 0 Å². The van der Waals surface area contributed by atoms with Gasteiger partial charge in [0, 0.05) is 10.3 Å². The lowest BCUT2D eigenvalue weighted by molar-refractivity contribution is -0.119. The largest absolute Gasteiger partial charge is 0.459 e. The molecule has 4 heteroatoms. The first-order valence-corrected chi connectivity index (χ1v) is 8.58. The van der Waals surface area contributed by atoms with E-state index in [2.05, 4.69) is 24.4 Å². The Morgan fingerprint density at radius 3 is 2.65 bits per heavy atom. The maximum absolute atomic E-state index is 12.1. The van der Waals surface area contributed by atoms with Gasteiger partial charge in [-0.15, -0.1) is 11.8 Å². The minimum absolute atomic E-state index is 0.00327. The van der Waals surface area contributed by atoms with E-state index in [-0.39, 0.29) is 11.9 Å². The third-order valence-electron chi connectivity index (χ3n) is 3.64. The van der Waals surface area contributed by atoms with Crippen molar-refractivity contribution in [1.82, 2.24) is 5.32 Å². The molecule has 0 bridgehead atoms. The zero-order valence-corrected chi connectivity index (χ0v) is 14.0. The predicted octanol–water partition coefficient (Wildman–Crippen LogP) is 4.71. The fraction of sp³-hybridized carbons (Fsp3) is 0.211. The first kappa shape index (κ1) is 15.7. The number of aryl methyl sites for hydroxylation is 1. The van der Waals surface area contributed by atoms with E-state index < -0.39 is 0 Å². The second kappa shape index (κ2) is 6.92. The van der Waals surface area contributed by atoms with Gasteiger partial charge in [0.1, 0.15) is 11.3 Å². The number of thioether (sulfide) groups is 1. The summed E-state index contributed by atoms with van der Waals surface area (Å²) in [6.07, 6.45) is 0. The van der Waals surface area contributed by atoms with Gasteiger partial charge in [-0.3, -0.25) is 4.79 Å². The maximum atomic E-state index is 12.1. The molecule has 3 nitrogen and oxygen atoms in total. The van der Waals surface area contributed by atoms with Crippen molar-refractivity contribution in [2.24, 2.45) is 0 Å². The Bertz CT molecular complexity index is 775. The number of nitrogens with one attached hydrogen (secondary N) is 1. The molecule has 0 spiro atoms.